The number of hydrogen-bond acceptors (Lipinski definition) is 2. The van der Waals surface area contributed by atoms with Gasteiger partial charge in [-0.2, -0.15) is 0 Å². The molecule has 1 heterocycles. The maximum atomic E-state index is 9.41. The van der Waals surface area contributed by atoms with Gasteiger partial charge in [-0.1, -0.05) is 57.5 Å². The van der Waals surface area contributed by atoms with Crippen LogP contribution in [0, 0.1) is 12.8 Å². The summed E-state index contributed by atoms with van der Waals surface area (Å²) in [5.74, 6) is 0.617. The summed E-state index contributed by atoms with van der Waals surface area (Å²) in [6, 6.07) is 12.2. The molecule has 114 valence electrons. The number of rotatable bonds is 3. The van der Waals surface area contributed by atoms with E-state index in [2.05, 4.69) is 56.9 Å². The monoisotopic (exact) mass is 285 g/mol. The Labute approximate surface area is 128 Å². The zero-order valence-corrected chi connectivity index (χ0v) is 14.0. The van der Waals surface area contributed by atoms with Crippen molar-refractivity contribution in [1.29, 1.82) is 0 Å². The lowest BCUT2D eigenvalue weighted by atomic mass is 9.70. The van der Waals surface area contributed by atoms with Gasteiger partial charge in [0.05, 0.1) is 11.9 Å². The maximum Gasteiger partial charge on any atom is 0.133 e. The second-order valence-electron chi connectivity index (χ2n) is 5.62. The van der Waals surface area contributed by atoms with E-state index in [1.807, 2.05) is 19.9 Å². The van der Waals surface area contributed by atoms with Gasteiger partial charge in [-0.25, -0.2) is 0 Å². The zero-order chi connectivity index (χ0) is 16.0. The van der Waals surface area contributed by atoms with Crippen LogP contribution in [0.3, 0.4) is 0 Å². The van der Waals surface area contributed by atoms with Crippen LogP contribution >= 0.6 is 0 Å². The van der Waals surface area contributed by atoms with Gasteiger partial charge in [0.2, 0.25) is 0 Å². The van der Waals surface area contributed by atoms with Crippen molar-refractivity contribution < 1.29 is 5.11 Å². The van der Waals surface area contributed by atoms with Crippen molar-refractivity contribution in [3.05, 3.63) is 59.4 Å². The molecule has 2 nitrogen and oxygen atoms in total. The van der Waals surface area contributed by atoms with Crippen LogP contribution in [0.1, 0.15) is 51.4 Å². The summed E-state index contributed by atoms with van der Waals surface area (Å²) in [5, 5.41) is 9.41. The predicted molar refractivity (Wildman–Crippen MR) is 89.7 cm³/mol. The Morgan fingerprint density at radius 2 is 1.57 bits per heavy atom. The highest BCUT2D eigenvalue weighted by atomic mass is 16.3. The molecule has 0 aliphatic carbocycles. The van der Waals surface area contributed by atoms with Gasteiger partial charge in [0, 0.05) is 5.41 Å². The fourth-order valence-electron chi connectivity index (χ4n) is 2.37. The average Bonchev–Trinajstić information content (AvgIpc) is 2.49. The van der Waals surface area contributed by atoms with Crippen molar-refractivity contribution in [1.82, 2.24) is 4.98 Å². The number of pyridine rings is 1. The van der Waals surface area contributed by atoms with Gasteiger partial charge in [-0.15, -0.1) is 0 Å². The lowest BCUT2D eigenvalue weighted by Crippen LogP contribution is -2.31. The molecule has 1 aromatic carbocycles. The average molecular weight is 285 g/mol. The maximum absolute atomic E-state index is 9.41. The summed E-state index contributed by atoms with van der Waals surface area (Å²) in [6.45, 7) is 12.7. The van der Waals surface area contributed by atoms with E-state index in [1.54, 1.807) is 6.07 Å². The van der Waals surface area contributed by atoms with E-state index in [0.29, 0.717) is 5.92 Å². The number of nitrogens with zero attached hydrogens (tertiary/aromatic N) is 1. The van der Waals surface area contributed by atoms with E-state index >= 15 is 0 Å². The second-order valence-corrected chi connectivity index (χ2v) is 5.62. The normalized spacial score (nSPS) is 13.3. The van der Waals surface area contributed by atoms with Gasteiger partial charge in [0.1, 0.15) is 5.75 Å². The van der Waals surface area contributed by atoms with Gasteiger partial charge in [0.25, 0.3) is 0 Å². The predicted octanol–water partition coefficient (Wildman–Crippen LogP) is 5.08. The first-order chi connectivity index (χ1) is 9.94. The van der Waals surface area contributed by atoms with Crippen LogP contribution < -0.4 is 0 Å². The second kappa shape index (κ2) is 7.26. The summed E-state index contributed by atoms with van der Waals surface area (Å²) in [7, 11) is 0. The minimum atomic E-state index is -0.151. The molecule has 0 fully saturated rings. The first kappa shape index (κ1) is 17.2. The Bertz CT molecular complexity index is 495. The van der Waals surface area contributed by atoms with Crippen molar-refractivity contribution in [3.8, 4) is 5.75 Å². The number of aryl methyl sites for hydroxylation is 1. The molecule has 2 rings (SSSR count). The fourth-order valence-corrected chi connectivity index (χ4v) is 2.37. The molecule has 0 saturated heterocycles. The third-order valence-electron chi connectivity index (χ3n) is 4.09. The molecule has 2 heteroatoms. The first-order valence-electron chi connectivity index (χ1n) is 7.67. The molecule has 0 amide bonds. The lowest BCUT2D eigenvalue weighted by molar-refractivity contribution is 0.392. The number of aromatic nitrogens is 1. The number of benzene rings is 1. The summed E-state index contributed by atoms with van der Waals surface area (Å²) in [6.07, 6.45) is 1.52. The molecule has 21 heavy (non-hydrogen) atoms. The molecule has 1 unspecified atom stereocenters. The Hall–Kier alpha value is -1.83. The SMILES string of the molecule is CC.Cc1ccc(C(C)(c2ccc(O)cn2)C(C)C)cc1. The lowest BCUT2D eigenvalue weighted by Gasteiger charge is -2.34. The minimum Gasteiger partial charge on any atom is -0.506 e. The number of aromatic hydroxyl groups is 1. The van der Waals surface area contributed by atoms with Crippen molar-refractivity contribution in [2.24, 2.45) is 5.92 Å². The minimum absolute atomic E-state index is 0.151. The Morgan fingerprint density at radius 1 is 1.00 bits per heavy atom. The van der Waals surface area contributed by atoms with Gasteiger partial charge in [-0.05, 0) is 37.5 Å². The Balaban J connectivity index is 0.00000106. The van der Waals surface area contributed by atoms with E-state index in [1.165, 1.54) is 17.3 Å². The van der Waals surface area contributed by atoms with E-state index < -0.39 is 0 Å². The molecule has 1 atom stereocenters. The van der Waals surface area contributed by atoms with Crippen LogP contribution in [0.25, 0.3) is 0 Å². The largest absolute Gasteiger partial charge is 0.506 e. The number of hydrogen-bond donors (Lipinski definition) is 1. The van der Waals surface area contributed by atoms with E-state index in [9.17, 15) is 5.11 Å². The van der Waals surface area contributed by atoms with E-state index in [4.69, 9.17) is 0 Å². The van der Waals surface area contributed by atoms with Crippen molar-refractivity contribution >= 4 is 0 Å². The summed E-state index contributed by atoms with van der Waals surface area (Å²) < 4.78 is 0. The van der Waals surface area contributed by atoms with E-state index in [-0.39, 0.29) is 11.2 Å². The van der Waals surface area contributed by atoms with Crippen molar-refractivity contribution in [2.45, 2.75) is 47.0 Å². The third kappa shape index (κ3) is 3.63. The summed E-state index contributed by atoms with van der Waals surface area (Å²) in [5.41, 5.74) is 3.35. The van der Waals surface area contributed by atoms with Gasteiger partial charge in [-0.3, -0.25) is 4.98 Å². The van der Waals surface area contributed by atoms with Gasteiger partial charge in [0.15, 0.2) is 0 Å². The molecule has 0 radical (unpaired) electrons. The molecular weight excluding hydrogens is 258 g/mol. The van der Waals surface area contributed by atoms with Crippen molar-refractivity contribution in [3.63, 3.8) is 0 Å². The van der Waals surface area contributed by atoms with Gasteiger partial charge >= 0.3 is 0 Å². The molecule has 0 spiro atoms. The molecule has 0 bridgehead atoms. The molecule has 0 saturated carbocycles. The molecule has 0 aliphatic heterocycles. The van der Waals surface area contributed by atoms with Gasteiger partial charge < -0.3 is 5.11 Å². The highest BCUT2D eigenvalue weighted by Crippen LogP contribution is 2.38. The zero-order valence-electron chi connectivity index (χ0n) is 14.0. The van der Waals surface area contributed by atoms with Crippen LogP contribution in [-0.4, -0.2) is 10.1 Å². The van der Waals surface area contributed by atoms with Crippen molar-refractivity contribution in [2.75, 3.05) is 0 Å². The fraction of sp³-hybridized carbons (Fsp3) is 0.421. The molecule has 2 aromatic rings. The molecule has 0 aliphatic rings. The quantitative estimate of drug-likeness (QED) is 0.852. The highest BCUT2D eigenvalue weighted by molar-refractivity contribution is 5.38. The van der Waals surface area contributed by atoms with Crippen LogP contribution in [0.2, 0.25) is 0 Å². The Kier molecular flexibility index (Phi) is 5.95. The first-order valence-corrected chi connectivity index (χ1v) is 7.67. The third-order valence-corrected chi connectivity index (χ3v) is 4.09. The van der Waals surface area contributed by atoms with Crippen LogP contribution in [-0.2, 0) is 5.41 Å². The molecular formula is C19H27NO. The molecule has 1 aromatic heterocycles. The topological polar surface area (TPSA) is 33.1 Å². The van der Waals surface area contributed by atoms with Crippen LogP contribution in [0.5, 0.6) is 5.75 Å². The summed E-state index contributed by atoms with van der Waals surface area (Å²) >= 11 is 0. The highest BCUT2D eigenvalue weighted by Gasteiger charge is 2.33. The standard InChI is InChI=1S/C17H21NO.C2H6/c1-12(2)17(4,14-7-5-13(3)6-8-14)16-10-9-15(19)11-18-16;1-2/h5-12,19H,1-4H3;1-2H3. The van der Waals surface area contributed by atoms with Crippen LogP contribution in [0.4, 0.5) is 0 Å². The summed E-state index contributed by atoms with van der Waals surface area (Å²) in [4.78, 5) is 4.42. The van der Waals surface area contributed by atoms with E-state index in [0.717, 1.165) is 5.69 Å². The Morgan fingerprint density at radius 3 is 2.00 bits per heavy atom. The van der Waals surface area contributed by atoms with Crippen LogP contribution in [0.15, 0.2) is 42.6 Å². The smallest absolute Gasteiger partial charge is 0.133 e. The molecule has 1 N–H and O–H groups in total.